The fourth-order valence-corrected chi connectivity index (χ4v) is 2.65. The van der Waals surface area contributed by atoms with E-state index in [0.29, 0.717) is 22.0 Å². The molecule has 0 saturated heterocycles. The first-order valence-corrected chi connectivity index (χ1v) is 8.48. The van der Waals surface area contributed by atoms with Crippen LogP contribution in [0.2, 0.25) is 15.1 Å². The summed E-state index contributed by atoms with van der Waals surface area (Å²) in [5.74, 6) is -0.630. The van der Waals surface area contributed by atoms with Crippen molar-refractivity contribution in [1.82, 2.24) is 0 Å². The van der Waals surface area contributed by atoms with Crippen molar-refractivity contribution in [3.05, 3.63) is 81.2 Å². The zero-order chi connectivity index (χ0) is 18.7. The summed E-state index contributed by atoms with van der Waals surface area (Å²) in [6.45, 7) is 0. The molecule has 1 heterocycles. The molecule has 2 amide bonds. The predicted molar refractivity (Wildman–Crippen MR) is 103 cm³/mol. The maximum atomic E-state index is 12.3. The van der Waals surface area contributed by atoms with Crippen molar-refractivity contribution in [3.8, 4) is 0 Å². The zero-order valence-corrected chi connectivity index (χ0v) is 15.3. The van der Waals surface area contributed by atoms with Gasteiger partial charge < -0.3 is 15.1 Å². The Labute approximate surface area is 163 Å². The second-order valence-electron chi connectivity index (χ2n) is 5.21. The number of rotatable bonds is 4. The summed E-state index contributed by atoms with van der Waals surface area (Å²) in [6, 6.07) is 12.4. The van der Waals surface area contributed by atoms with E-state index >= 15 is 0 Å². The SMILES string of the molecule is O=C(Nc1ccc(NC(=O)c2ccco2)c(Cl)c1)c1ccc(Cl)c(Cl)c1. The van der Waals surface area contributed by atoms with Crippen molar-refractivity contribution in [1.29, 1.82) is 0 Å². The summed E-state index contributed by atoms with van der Waals surface area (Å²) in [6.07, 6.45) is 1.40. The molecule has 3 rings (SSSR count). The van der Waals surface area contributed by atoms with Crippen LogP contribution in [0.25, 0.3) is 0 Å². The fourth-order valence-electron chi connectivity index (χ4n) is 2.13. The summed E-state index contributed by atoms with van der Waals surface area (Å²) in [7, 11) is 0. The number of benzene rings is 2. The average Bonchev–Trinajstić information content (AvgIpc) is 3.14. The Kier molecular flexibility index (Phi) is 5.52. The van der Waals surface area contributed by atoms with Crippen LogP contribution in [-0.2, 0) is 0 Å². The Morgan fingerprint density at radius 1 is 0.808 bits per heavy atom. The van der Waals surface area contributed by atoms with E-state index in [9.17, 15) is 9.59 Å². The molecule has 0 saturated carbocycles. The Balaban J connectivity index is 1.71. The van der Waals surface area contributed by atoms with Gasteiger partial charge in [-0.1, -0.05) is 34.8 Å². The van der Waals surface area contributed by atoms with E-state index in [1.165, 1.54) is 24.5 Å². The number of amides is 2. The summed E-state index contributed by atoms with van der Waals surface area (Å²) in [4.78, 5) is 24.2. The number of carbonyl (C=O) groups excluding carboxylic acids is 2. The lowest BCUT2D eigenvalue weighted by Gasteiger charge is -2.10. The van der Waals surface area contributed by atoms with Gasteiger partial charge >= 0.3 is 0 Å². The second kappa shape index (κ2) is 7.83. The van der Waals surface area contributed by atoms with Gasteiger partial charge in [-0.3, -0.25) is 9.59 Å². The van der Waals surface area contributed by atoms with E-state index in [4.69, 9.17) is 39.2 Å². The van der Waals surface area contributed by atoms with Crippen LogP contribution in [0.5, 0.6) is 0 Å². The molecule has 0 aliphatic carbocycles. The molecular formula is C18H11Cl3N2O3. The number of hydrogen-bond acceptors (Lipinski definition) is 3. The maximum absolute atomic E-state index is 12.3. The topological polar surface area (TPSA) is 71.3 Å². The number of hydrogen-bond donors (Lipinski definition) is 2. The average molecular weight is 410 g/mol. The van der Waals surface area contributed by atoms with Crippen molar-refractivity contribution in [3.63, 3.8) is 0 Å². The van der Waals surface area contributed by atoms with Crippen molar-refractivity contribution < 1.29 is 14.0 Å². The van der Waals surface area contributed by atoms with Crippen LogP contribution in [-0.4, -0.2) is 11.8 Å². The summed E-state index contributed by atoms with van der Waals surface area (Å²) in [5, 5.41) is 6.24. The normalized spacial score (nSPS) is 10.4. The summed E-state index contributed by atoms with van der Waals surface area (Å²) < 4.78 is 5.02. The van der Waals surface area contributed by atoms with Gasteiger partial charge in [0.15, 0.2) is 5.76 Å². The van der Waals surface area contributed by atoms with E-state index < -0.39 is 5.91 Å². The number of furan rings is 1. The molecule has 2 aromatic carbocycles. The predicted octanol–water partition coefficient (Wildman–Crippen LogP) is 5.74. The lowest BCUT2D eigenvalue weighted by atomic mass is 10.2. The molecule has 0 unspecified atom stereocenters. The van der Waals surface area contributed by atoms with Crippen LogP contribution in [0.1, 0.15) is 20.9 Å². The first-order chi connectivity index (χ1) is 12.4. The van der Waals surface area contributed by atoms with E-state index in [-0.39, 0.29) is 21.7 Å². The molecule has 0 spiro atoms. The largest absolute Gasteiger partial charge is 0.459 e. The Hall–Kier alpha value is -2.47. The highest BCUT2D eigenvalue weighted by Gasteiger charge is 2.13. The molecule has 26 heavy (non-hydrogen) atoms. The summed E-state index contributed by atoms with van der Waals surface area (Å²) in [5.41, 5.74) is 1.20. The highest BCUT2D eigenvalue weighted by molar-refractivity contribution is 6.42. The minimum Gasteiger partial charge on any atom is -0.459 e. The monoisotopic (exact) mass is 408 g/mol. The van der Waals surface area contributed by atoms with Gasteiger partial charge in [-0.05, 0) is 48.5 Å². The number of halogens is 3. The fraction of sp³-hybridized carbons (Fsp3) is 0. The molecule has 0 radical (unpaired) electrons. The Morgan fingerprint density at radius 2 is 1.62 bits per heavy atom. The molecule has 2 N–H and O–H groups in total. The van der Waals surface area contributed by atoms with Crippen molar-refractivity contribution in [2.45, 2.75) is 0 Å². The maximum Gasteiger partial charge on any atom is 0.291 e. The highest BCUT2D eigenvalue weighted by atomic mass is 35.5. The zero-order valence-electron chi connectivity index (χ0n) is 13.1. The van der Waals surface area contributed by atoms with Crippen LogP contribution in [0.4, 0.5) is 11.4 Å². The number of anilines is 2. The van der Waals surface area contributed by atoms with Gasteiger partial charge in [0.2, 0.25) is 0 Å². The lowest BCUT2D eigenvalue weighted by molar-refractivity contribution is 0.0994. The molecule has 1 aromatic heterocycles. The van der Waals surface area contributed by atoms with Gasteiger partial charge in [0.05, 0.1) is 27.0 Å². The van der Waals surface area contributed by atoms with Crippen molar-refractivity contribution >= 4 is 58.0 Å². The molecule has 0 atom stereocenters. The van der Waals surface area contributed by atoms with Crippen LogP contribution >= 0.6 is 34.8 Å². The Bertz CT molecular complexity index is 972. The smallest absolute Gasteiger partial charge is 0.291 e. The molecular weight excluding hydrogens is 399 g/mol. The third kappa shape index (κ3) is 4.19. The van der Waals surface area contributed by atoms with Crippen LogP contribution < -0.4 is 10.6 Å². The first kappa shape index (κ1) is 18.3. The van der Waals surface area contributed by atoms with Gasteiger partial charge in [0, 0.05) is 11.3 Å². The number of carbonyl (C=O) groups is 2. The van der Waals surface area contributed by atoms with Gasteiger partial charge in [0.1, 0.15) is 0 Å². The third-order valence-electron chi connectivity index (χ3n) is 3.40. The first-order valence-electron chi connectivity index (χ1n) is 7.35. The minimum absolute atomic E-state index is 0.165. The van der Waals surface area contributed by atoms with Gasteiger partial charge in [-0.15, -0.1) is 0 Å². The third-order valence-corrected chi connectivity index (χ3v) is 4.45. The highest BCUT2D eigenvalue weighted by Crippen LogP contribution is 2.27. The van der Waals surface area contributed by atoms with E-state index in [2.05, 4.69) is 10.6 Å². The van der Waals surface area contributed by atoms with E-state index in [0.717, 1.165) is 0 Å². The molecule has 0 aliphatic heterocycles. The van der Waals surface area contributed by atoms with Gasteiger partial charge in [-0.25, -0.2) is 0 Å². The molecule has 8 heteroatoms. The minimum atomic E-state index is -0.426. The van der Waals surface area contributed by atoms with Crippen LogP contribution in [0.3, 0.4) is 0 Å². The summed E-state index contributed by atoms with van der Waals surface area (Å²) >= 11 is 17.9. The molecule has 0 aliphatic rings. The molecule has 0 bridgehead atoms. The number of nitrogens with one attached hydrogen (secondary N) is 2. The molecule has 132 valence electrons. The van der Waals surface area contributed by atoms with E-state index in [1.54, 1.807) is 30.3 Å². The van der Waals surface area contributed by atoms with Crippen molar-refractivity contribution in [2.75, 3.05) is 10.6 Å². The molecule has 3 aromatic rings. The second-order valence-corrected chi connectivity index (χ2v) is 6.43. The standard InChI is InChI=1S/C18H11Cl3N2O3/c19-12-5-3-10(8-13(12)20)17(24)22-11-4-6-15(14(21)9-11)23-18(25)16-2-1-7-26-16/h1-9H,(H,22,24)(H,23,25). The Morgan fingerprint density at radius 3 is 2.27 bits per heavy atom. The van der Waals surface area contributed by atoms with Crippen molar-refractivity contribution in [2.24, 2.45) is 0 Å². The molecule has 0 fully saturated rings. The van der Waals surface area contributed by atoms with Crippen LogP contribution in [0.15, 0.2) is 59.2 Å². The van der Waals surface area contributed by atoms with E-state index in [1.807, 2.05) is 0 Å². The van der Waals surface area contributed by atoms with Crippen LogP contribution in [0, 0.1) is 0 Å². The quantitative estimate of drug-likeness (QED) is 0.577. The molecule has 5 nitrogen and oxygen atoms in total. The lowest BCUT2D eigenvalue weighted by Crippen LogP contribution is -2.13. The van der Waals surface area contributed by atoms with Gasteiger partial charge in [0.25, 0.3) is 11.8 Å². The van der Waals surface area contributed by atoms with Gasteiger partial charge in [-0.2, -0.15) is 0 Å².